The van der Waals surface area contributed by atoms with E-state index in [1.807, 2.05) is 0 Å². The maximum atomic E-state index is 12.9. The van der Waals surface area contributed by atoms with Gasteiger partial charge in [-0.25, -0.2) is 4.79 Å². The van der Waals surface area contributed by atoms with E-state index >= 15 is 0 Å². The van der Waals surface area contributed by atoms with Crippen LogP contribution in [0.3, 0.4) is 0 Å². The Bertz CT molecular complexity index is 484. The van der Waals surface area contributed by atoms with Crippen LogP contribution < -0.4 is 0 Å². The Morgan fingerprint density at radius 3 is 2.55 bits per heavy atom. The second-order valence-electron chi connectivity index (χ2n) is 7.59. The van der Waals surface area contributed by atoms with Crippen LogP contribution in [0.15, 0.2) is 0 Å². The van der Waals surface area contributed by atoms with Gasteiger partial charge < -0.3 is 9.47 Å². The molecule has 1 spiro atoms. The lowest BCUT2D eigenvalue weighted by Gasteiger charge is -2.72. The molecule has 3 nitrogen and oxygen atoms in total. The minimum atomic E-state index is -3.40. The van der Waals surface area contributed by atoms with Crippen molar-refractivity contribution >= 4 is 5.97 Å². The van der Waals surface area contributed by atoms with Gasteiger partial charge in [-0.05, 0) is 43.9 Å². The molecule has 5 atom stereocenters. The Morgan fingerprint density at radius 1 is 1.30 bits per heavy atom. The fourth-order valence-electron chi connectivity index (χ4n) is 6.16. The lowest BCUT2D eigenvalue weighted by Crippen LogP contribution is -2.71. The monoisotopic (exact) mass is 286 g/mol. The number of hydrogen-bond donors (Lipinski definition) is 0. The van der Waals surface area contributed by atoms with Gasteiger partial charge in [0.1, 0.15) is 0 Å². The van der Waals surface area contributed by atoms with E-state index in [0.717, 1.165) is 31.6 Å². The van der Waals surface area contributed by atoms with E-state index in [2.05, 4.69) is 0 Å². The van der Waals surface area contributed by atoms with E-state index < -0.39 is 11.9 Å². The highest BCUT2D eigenvalue weighted by molar-refractivity contribution is 5.76. The van der Waals surface area contributed by atoms with Crippen LogP contribution in [0.5, 0.6) is 0 Å². The molecule has 0 aliphatic heterocycles. The molecule has 0 aromatic heterocycles. The first-order valence-electron chi connectivity index (χ1n) is 7.37. The first-order valence-corrected chi connectivity index (χ1v) is 7.37. The van der Waals surface area contributed by atoms with E-state index in [9.17, 15) is 13.6 Å². The molecule has 5 heteroatoms. The van der Waals surface area contributed by atoms with Crippen molar-refractivity contribution in [1.29, 1.82) is 0 Å². The van der Waals surface area contributed by atoms with Crippen LogP contribution in [0, 0.1) is 22.7 Å². The number of hydrogen-bond acceptors (Lipinski definition) is 3. The average molecular weight is 286 g/mol. The van der Waals surface area contributed by atoms with Gasteiger partial charge in [-0.15, -0.1) is 0 Å². The van der Waals surface area contributed by atoms with Crippen LogP contribution in [0.2, 0.25) is 0 Å². The van der Waals surface area contributed by atoms with Crippen molar-refractivity contribution in [2.45, 2.75) is 50.6 Å². The average Bonchev–Trinajstić information content (AvgIpc) is 2.79. The summed E-state index contributed by atoms with van der Waals surface area (Å²) in [6.45, 7) is 0.723. The molecule has 0 saturated heterocycles. The van der Waals surface area contributed by atoms with Gasteiger partial charge in [-0.3, -0.25) is 0 Å². The largest absolute Gasteiger partial charge is 0.461 e. The first kappa shape index (κ1) is 13.0. The molecule has 4 aliphatic carbocycles. The number of methoxy groups -OCH3 is 1. The molecule has 0 radical (unpaired) electrons. The maximum Gasteiger partial charge on any atom is 0.376 e. The van der Waals surface area contributed by atoms with Crippen LogP contribution in [0.25, 0.3) is 0 Å². The smallest absolute Gasteiger partial charge is 0.376 e. The summed E-state index contributed by atoms with van der Waals surface area (Å²) >= 11 is 0. The summed E-state index contributed by atoms with van der Waals surface area (Å²) in [7, 11) is 1.76. The van der Waals surface area contributed by atoms with Crippen molar-refractivity contribution in [3.8, 4) is 0 Å². The Kier molecular flexibility index (Phi) is 2.19. The SMILES string of the molecule is COC12CC3CC4CC(COC(=O)C(C)(F)F)(C1)CC432. The highest BCUT2D eigenvalue weighted by atomic mass is 19.3. The molecule has 0 amide bonds. The Hall–Kier alpha value is -0.710. The maximum absolute atomic E-state index is 12.9. The number of fused-ring (bicyclic) bond motifs is 1. The molecule has 4 fully saturated rings. The molecule has 2 bridgehead atoms. The number of carbonyl (C=O) groups is 1. The summed E-state index contributed by atoms with van der Waals surface area (Å²) in [6, 6.07) is 0. The van der Waals surface area contributed by atoms with E-state index in [1.54, 1.807) is 7.11 Å². The number of ether oxygens (including phenoxy) is 2. The number of rotatable bonds is 4. The highest BCUT2D eigenvalue weighted by Crippen LogP contribution is 2.86. The van der Waals surface area contributed by atoms with Gasteiger partial charge in [0.05, 0.1) is 12.2 Å². The van der Waals surface area contributed by atoms with Gasteiger partial charge in [-0.1, -0.05) is 0 Å². The number of esters is 1. The summed E-state index contributed by atoms with van der Waals surface area (Å²) in [5.74, 6) is -3.40. The zero-order valence-corrected chi connectivity index (χ0v) is 11.9. The van der Waals surface area contributed by atoms with Gasteiger partial charge in [0.15, 0.2) is 0 Å². The van der Waals surface area contributed by atoms with Gasteiger partial charge in [0.2, 0.25) is 0 Å². The van der Waals surface area contributed by atoms with Crippen molar-refractivity contribution in [3.05, 3.63) is 0 Å². The molecule has 112 valence electrons. The second-order valence-corrected chi connectivity index (χ2v) is 7.59. The standard InChI is InChI=1S/C15H20F2O3/c1-12(16,17)11(18)20-8-13-4-9-3-10-5-14(6-13,19-2)15(9,10)7-13/h9-10H,3-8H2,1-2H3. The summed E-state index contributed by atoms with van der Waals surface area (Å²) in [4.78, 5) is 11.3. The third-order valence-electron chi connectivity index (χ3n) is 6.72. The molecular weight excluding hydrogens is 266 g/mol. The zero-order chi connectivity index (χ0) is 14.4. The third kappa shape index (κ3) is 1.22. The Balaban J connectivity index is 1.52. The van der Waals surface area contributed by atoms with E-state index in [4.69, 9.17) is 9.47 Å². The molecular formula is C15H20F2O3. The topological polar surface area (TPSA) is 35.5 Å². The van der Waals surface area contributed by atoms with Crippen molar-refractivity contribution in [1.82, 2.24) is 0 Å². The summed E-state index contributed by atoms with van der Waals surface area (Å²) in [5, 5.41) is 0. The van der Waals surface area contributed by atoms with Crippen LogP contribution in [-0.2, 0) is 14.3 Å². The quantitative estimate of drug-likeness (QED) is 0.745. The molecule has 20 heavy (non-hydrogen) atoms. The minimum absolute atomic E-state index is 0.0556. The summed E-state index contributed by atoms with van der Waals surface area (Å²) in [6.07, 6.45) is 5.21. The molecule has 4 rings (SSSR count). The zero-order valence-electron chi connectivity index (χ0n) is 11.9. The minimum Gasteiger partial charge on any atom is -0.461 e. The Labute approximate surface area is 117 Å². The van der Waals surface area contributed by atoms with Crippen molar-refractivity contribution in [2.24, 2.45) is 22.7 Å². The summed E-state index contributed by atoms with van der Waals surface area (Å²) in [5.41, 5.74) is 0.107. The van der Waals surface area contributed by atoms with Crippen LogP contribution in [-0.4, -0.2) is 31.2 Å². The van der Waals surface area contributed by atoms with Crippen molar-refractivity contribution in [2.75, 3.05) is 13.7 Å². The van der Waals surface area contributed by atoms with E-state index in [0.29, 0.717) is 12.8 Å². The fraction of sp³-hybridized carbons (Fsp3) is 0.933. The summed E-state index contributed by atoms with van der Waals surface area (Å²) < 4.78 is 36.6. The van der Waals surface area contributed by atoms with Gasteiger partial charge >= 0.3 is 11.9 Å². The normalized spacial score (nSPS) is 51.2. The van der Waals surface area contributed by atoms with Crippen molar-refractivity contribution in [3.63, 3.8) is 0 Å². The fourth-order valence-corrected chi connectivity index (χ4v) is 6.16. The molecule has 5 unspecified atom stereocenters. The lowest BCUT2D eigenvalue weighted by molar-refractivity contribution is -0.297. The molecule has 0 aromatic rings. The van der Waals surface area contributed by atoms with Gasteiger partial charge in [0.25, 0.3) is 0 Å². The molecule has 0 N–H and O–H groups in total. The third-order valence-corrected chi connectivity index (χ3v) is 6.72. The second kappa shape index (κ2) is 3.37. The molecule has 4 aliphatic rings. The number of carbonyl (C=O) groups excluding carboxylic acids is 1. The molecule has 4 saturated carbocycles. The number of halogens is 2. The van der Waals surface area contributed by atoms with Gasteiger partial charge in [-0.2, -0.15) is 8.78 Å². The van der Waals surface area contributed by atoms with Crippen molar-refractivity contribution < 1.29 is 23.0 Å². The first-order chi connectivity index (χ1) is 9.27. The molecule has 0 heterocycles. The predicted octanol–water partition coefficient (Wildman–Crippen LogP) is 2.78. The van der Waals surface area contributed by atoms with E-state index in [-0.39, 0.29) is 23.0 Å². The lowest BCUT2D eigenvalue weighted by atomic mass is 9.36. The van der Waals surface area contributed by atoms with Gasteiger partial charge in [0, 0.05) is 24.9 Å². The molecule has 0 aromatic carbocycles. The number of alkyl halides is 2. The highest BCUT2D eigenvalue weighted by Gasteiger charge is 2.84. The van der Waals surface area contributed by atoms with Crippen LogP contribution in [0.4, 0.5) is 8.78 Å². The van der Waals surface area contributed by atoms with Crippen LogP contribution in [0.1, 0.15) is 39.0 Å². The van der Waals surface area contributed by atoms with Crippen LogP contribution >= 0.6 is 0 Å². The Morgan fingerprint density at radius 2 is 2.00 bits per heavy atom. The predicted molar refractivity (Wildman–Crippen MR) is 66.3 cm³/mol. The van der Waals surface area contributed by atoms with E-state index in [1.165, 1.54) is 6.42 Å².